The fourth-order valence-corrected chi connectivity index (χ4v) is 2.46. The fraction of sp³-hybridized carbons (Fsp3) is 0.294. The van der Waals surface area contributed by atoms with Crippen LogP contribution in [0.4, 0.5) is 18.9 Å². The quantitative estimate of drug-likeness (QED) is 0.654. The van der Waals surface area contributed by atoms with Crippen molar-refractivity contribution in [2.75, 3.05) is 4.72 Å². The molecule has 2 rings (SSSR count). The third kappa shape index (κ3) is 6.44. The summed E-state index contributed by atoms with van der Waals surface area (Å²) in [5, 5.41) is 0. The van der Waals surface area contributed by atoms with Crippen molar-refractivity contribution in [2.24, 2.45) is 0 Å². The van der Waals surface area contributed by atoms with Crippen molar-refractivity contribution < 1.29 is 17.9 Å². The average Bonchev–Trinajstić information content (AvgIpc) is 2.51. The van der Waals surface area contributed by atoms with Crippen LogP contribution in [0.3, 0.4) is 0 Å². The fourth-order valence-electron chi connectivity index (χ4n) is 1.73. The predicted molar refractivity (Wildman–Crippen MR) is 89.9 cm³/mol. The van der Waals surface area contributed by atoms with Crippen LogP contribution in [0.25, 0.3) is 0 Å². The summed E-state index contributed by atoms with van der Waals surface area (Å²) in [5.74, 6) is -0.221. The molecule has 0 aromatic heterocycles. The Kier molecular flexibility index (Phi) is 7.29. The summed E-state index contributed by atoms with van der Waals surface area (Å²) < 4.78 is 44.0. The lowest BCUT2D eigenvalue weighted by atomic mass is 10.1. The summed E-state index contributed by atoms with van der Waals surface area (Å²) in [6.07, 6.45) is -4.69. The minimum Gasteiger partial charge on any atom is -0.406 e. The number of ether oxygens (including phenoxy) is 1. The molecule has 0 atom stereocenters. The van der Waals surface area contributed by atoms with E-state index in [2.05, 4.69) is 9.46 Å². The van der Waals surface area contributed by atoms with Crippen LogP contribution in [0, 0.1) is 13.8 Å². The van der Waals surface area contributed by atoms with Crippen molar-refractivity contribution in [2.45, 2.75) is 39.0 Å². The molecule has 2 nitrogen and oxygen atoms in total. The van der Waals surface area contributed by atoms with E-state index in [1.54, 1.807) is 6.92 Å². The van der Waals surface area contributed by atoms with Crippen molar-refractivity contribution in [3.8, 4) is 5.75 Å². The number of rotatable bonds is 4. The Morgan fingerprint density at radius 3 is 2.17 bits per heavy atom. The van der Waals surface area contributed by atoms with Gasteiger partial charge in [-0.05, 0) is 55.1 Å². The van der Waals surface area contributed by atoms with E-state index in [-0.39, 0.29) is 5.75 Å². The van der Waals surface area contributed by atoms with Crippen LogP contribution in [0.1, 0.15) is 25.0 Å². The lowest BCUT2D eigenvalue weighted by molar-refractivity contribution is -0.274. The summed E-state index contributed by atoms with van der Waals surface area (Å²) in [6, 6.07) is 12.2. The van der Waals surface area contributed by atoms with E-state index in [1.807, 2.05) is 51.1 Å². The van der Waals surface area contributed by atoms with Crippen LogP contribution >= 0.6 is 11.9 Å². The second-order valence-electron chi connectivity index (χ2n) is 4.48. The van der Waals surface area contributed by atoms with Crippen LogP contribution in [0.5, 0.6) is 5.75 Å². The number of benzene rings is 2. The smallest absolute Gasteiger partial charge is 0.406 e. The Bertz CT molecular complexity index is 615. The molecule has 0 radical (unpaired) electrons. The maximum Gasteiger partial charge on any atom is 0.573 e. The SMILES string of the molecule is CC.Cc1cc(OC(F)(F)F)cc(NSc2ccccc2)c1C. The third-order valence-electron chi connectivity index (χ3n) is 2.90. The highest BCUT2D eigenvalue weighted by Gasteiger charge is 2.31. The molecule has 0 spiro atoms. The second-order valence-corrected chi connectivity index (χ2v) is 5.36. The van der Waals surface area contributed by atoms with Gasteiger partial charge in [-0.25, -0.2) is 0 Å². The molecule has 23 heavy (non-hydrogen) atoms. The molecule has 0 bridgehead atoms. The normalized spacial score (nSPS) is 10.6. The minimum atomic E-state index is -4.69. The van der Waals surface area contributed by atoms with Crippen LogP contribution in [0.2, 0.25) is 0 Å². The highest BCUT2D eigenvalue weighted by molar-refractivity contribution is 8.00. The van der Waals surface area contributed by atoms with Crippen LogP contribution in [-0.2, 0) is 0 Å². The lowest BCUT2D eigenvalue weighted by Gasteiger charge is -2.15. The molecule has 0 amide bonds. The minimum absolute atomic E-state index is 0.221. The monoisotopic (exact) mass is 343 g/mol. The van der Waals surface area contributed by atoms with Crippen molar-refractivity contribution in [3.63, 3.8) is 0 Å². The maximum absolute atomic E-state index is 12.3. The van der Waals surface area contributed by atoms with E-state index in [4.69, 9.17) is 0 Å². The summed E-state index contributed by atoms with van der Waals surface area (Å²) >= 11 is 1.34. The Labute approximate surface area is 139 Å². The van der Waals surface area contributed by atoms with E-state index in [0.29, 0.717) is 5.69 Å². The molecule has 0 unspecified atom stereocenters. The molecule has 0 saturated heterocycles. The molecule has 0 saturated carbocycles. The maximum atomic E-state index is 12.3. The molecule has 0 fully saturated rings. The van der Waals surface area contributed by atoms with Gasteiger partial charge in [0.15, 0.2) is 0 Å². The van der Waals surface area contributed by atoms with Gasteiger partial charge in [0.2, 0.25) is 0 Å². The third-order valence-corrected chi connectivity index (χ3v) is 3.73. The zero-order chi connectivity index (χ0) is 17.5. The molecule has 6 heteroatoms. The molecule has 2 aromatic rings. The van der Waals surface area contributed by atoms with E-state index in [1.165, 1.54) is 24.1 Å². The number of halogens is 3. The van der Waals surface area contributed by atoms with Gasteiger partial charge in [0, 0.05) is 11.0 Å². The topological polar surface area (TPSA) is 21.3 Å². The number of alkyl halides is 3. The molecular formula is C17H20F3NOS. The molecular weight excluding hydrogens is 323 g/mol. The lowest BCUT2D eigenvalue weighted by Crippen LogP contribution is -2.17. The summed E-state index contributed by atoms with van der Waals surface area (Å²) in [6.45, 7) is 7.59. The molecule has 126 valence electrons. The first-order chi connectivity index (χ1) is 10.8. The van der Waals surface area contributed by atoms with Gasteiger partial charge >= 0.3 is 6.36 Å². The van der Waals surface area contributed by atoms with Gasteiger partial charge in [-0.1, -0.05) is 32.0 Å². The molecule has 0 aliphatic heterocycles. The Balaban J connectivity index is 0.00000127. The van der Waals surface area contributed by atoms with Crippen LogP contribution < -0.4 is 9.46 Å². The predicted octanol–water partition coefficient (Wildman–Crippen LogP) is 6.35. The number of anilines is 1. The van der Waals surface area contributed by atoms with Gasteiger partial charge in [0.1, 0.15) is 5.75 Å². The summed E-state index contributed by atoms with van der Waals surface area (Å²) in [7, 11) is 0. The van der Waals surface area contributed by atoms with E-state index >= 15 is 0 Å². The first-order valence-electron chi connectivity index (χ1n) is 7.20. The molecule has 1 N–H and O–H groups in total. The number of hydrogen-bond acceptors (Lipinski definition) is 3. The van der Waals surface area contributed by atoms with Gasteiger partial charge in [-0.2, -0.15) is 0 Å². The van der Waals surface area contributed by atoms with Crippen molar-refractivity contribution in [1.29, 1.82) is 0 Å². The van der Waals surface area contributed by atoms with Crippen molar-refractivity contribution >= 4 is 17.6 Å². The Hall–Kier alpha value is -1.82. The Morgan fingerprint density at radius 1 is 1.00 bits per heavy atom. The van der Waals surface area contributed by atoms with Crippen molar-refractivity contribution in [3.05, 3.63) is 53.6 Å². The second kappa shape index (κ2) is 8.72. The van der Waals surface area contributed by atoms with Gasteiger partial charge in [0.25, 0.3) is 0 Å². The number of hydrogen-bond donors (Lipinski definition) is 1. The van der Waals surface area contributed by atoms with Gasteiger partial charge in [-0.15, -0.1) is 13.2 Å². The zero-order valence-corrected chi connectivity index (χ0v) is 14.3. The van der Waals surface area contributed by atoms with Gasteiger partial charge in [0.05, 0.1) is 5.69 Å². The molecule has 0 heterocycles. The van der Waals surface area contributed by atoms with E-state index in [9.17, 15) is 13.2 Å². The first kappa shape index (κ1) is 19.2. The number of aryl methyl sites for hydroxylation is 1. The first-order valence-corrected chi connectivity index (χ1v) is 8.02. The molecule has 0 aliphatic rings. The van der Waals surface area contributed by atoms with Gasteiger partial charge in [-0.3, -0.25) is 0 Å². The van der Waals surface area contributed by atoms with E-state index < -0.39 is 6.36 Å². The van der Waals surface area contributed by atoms with Crippen LogP contribution in [-0.4, -0.2) is 6.36 Å². The van der Waals surface area contributed by atoms with E-state index in [0.717, 1.165) is 16.0 Å². The van der Waals surface area contributed by atoms with Gasteiger partial charge < -0.3 is 9.46 Å². The summed E-state index contributed by atoms with van der Waals surface area (Å²) in [5.41, 5.74) is 2.21. The molecule has 0 aliphatic carbocycles. The average molecular weight is 343 g/mol. The summed E-state index contributed by atoms with van der Waals surface area (Å²) in [4.78, 5) is 0.969. The highest BCUT2D eigenvalue weighted by Crippen LogP contribution is 2.32. The largest absolute Gasteiger partial charge is 0.573 e. The Morgan fingerprint density at radius 2 is 1.61 bits per heavy atom. The van der Waals surface area contributed by atoms with Crippen molar-refractivity contribution in [1.82, 2.24) is 0 Å². The molecule has 2 aromatic carbocycles. The van der Waals surface area contributed by atoms with Crippen LogP contribution in [0.15, 0.2) is 47.4 Å². The zero-order valence-electron chi connectivity index (χ0n) is 13.5. The highest BCUT2D eigenvalue weighted by atomic mass is 32.2. The standard InChI is InChI=1S/C15H14F3NOS.C2H6/c1-10-8-12(20-15(16,17)18)9-14(11(10)2)19-21-13-6-4-3-5-7-13;1-2/h3-9,19H,1-2H3;1-2H3. The number of nitrogens with one attached hydrogen (secondary N) is 1.